The van der Waals surface area contributed by atoms with Crippen molar-refractivity contribution in [1.82, 2.24) is 5.32 Å². The SMILES string of the molecule is COc1cc(/C=C2\C(=O)NC(=S)N(c3ccc(C(=O)O)cc3)C2=O)cc(Br)c1O. The zero-order valence-electron chi connectivity index (χ0n) is 14.8. The molecule has 0 saturated carbocycles. The Morgan fingerprint density at radius 3 is 2.48 bits per heavy atom. The van der Waals surface area contributed by atoms with E-state index in [1.54, 1.807) is 0 Å². The smallest absolute Gasteiger partial charge is 0.335 e. The number of phenolic OH excluding ortho intramolecular Hbond substituents is 1. The Bertz CT molecular complexity index is 1080. The predicted molar refractivity (Wildman–Crippen MR) is 112 cm³/mol. The van der Waals surface area contributed by atoms with Crippen LogP contribution < -0.4 is 15.0 Å². The maximum atomic E-state index is 13.0. The van der Waals surface area contributed by atoms with Crippen molar-refractivity contribution in [2.24, 2.45) is 0 Å². The molecule has 1 saturated heterocycles. The molecule has 148 valence electrons. The van der Waals surface area contributed by atoms with Crippen molar-refractivity contribution in [2.75, 3.05) is 12.0 Å². The first kappa shape index (κ1) is 20.5. The van der Waals surface area contributed by atoms with Crippen molar-refractivity contribution >= 4 is 62.8 Å². The Kier molecular flexibility index (Phi) is 5.66. The van der Waals surface area contributed by atoms with Crippen LogP contribution in [0.25, 0.3) is 6.08 Å². The Morgan fingerprint density at radius 1 is 1.24 bits per heavy atom. The fraction of sp³-hybridized carbons (Fsp3) is 0.0526. The molecule has 0 radical (unpaired) electrons. The molecular weight excluding hydrogens is 464 g/mol. The van der Waals surface area contributed by atoms with E-state index in [2.05, 4.69) is 21.2 Å². The van der Waals surface area contributed by atoms with Gasteiger partial charge in [-0.1, -0.05) is 0 Å². The van der Waals surface area contributed by atoms with Gasteiger partial charge in [-0.2, -0.15) is 0 Å². The van der Waals surface area contributed by atoms with Crippen LogP contribution in [0.4, 0.5) is 5.69 Å². The van der Waals surface area contributed by atoms with Gasteiger partial charge in [0.25, 0.3) is 11.8 Å². The van der Waals surface area contributed by atoms with E-state index in [0.717, 1.165) is 4.90 Å². The lowest BCUT2D eigenvalue weighted by molar-refractivity contribution is -0.122. The highest BCUT2D eigenvalue weighted by Gasteiger charge is 2.34. The third-order valence-corrected chi connectivity index (χ3v) is 4.94. The summed E-state index contributed by atoms with van der Waals surface area (Å²) >= 11 is 8.30. The maximum Gasteiger partial charge on any atom is 0.335 e. The topological polar surface area (TPSA) is 116 Å². The number of aromatic hydroxyl groups is 1. The van der Waals surface area contributed by atoms with Crippen LogP contribution >= 0.6 is 28.1 Å². The fourth-order valence-corrected chi connectivity index (χ4v) is 3.39. The minimum atomic E-state index is -1.11. The van der Waals surface area contributed by atoms with Crippen LogP contribution in [0.2, 0.25) is 0 Å². The summed E-state index contributed by atoms with van der Waals surface area (Å²) in [4.78, 5) is 37.5. The molecule has 0 bridgehead atoms. The van der Waals surface area contributed by atoms with Gasteiger partial charge in [0.2, 0.25) is 0 Å². The van der Waals surface area contributed by atoms with E-state index in [-0.39, 0.29) is 27.7 Å². The van der Waals surface area contributed by atoms with Crippen molar-refractivity contribution in [3.8, 4) is 11.5 Å². The van der Waals surface area contributed by atoms with E-state index >= 15 is 0 Å². The van der Waals surface area contributed by atoms with E-state index in [0.29, 0.717) is 15.7 Å². The third-order valence-electron chi connectivity index (χ3n) is 4.06. The molecule has 1 aliphatic rings. The van der Waals surface area contributed by atoms with Gasteiger partial charge in [0.15, 0.2) is 16.6 Å². The molecule has 2 aromatic carbocycles. The number of methoxy groups -OCH3 is 1. The van der Waals surface area contributed by atoms with Gasteiger partial charge < -0.3 is 14.9 Å². The number of carbonyl (C=O) groups excluding carboxylic acids is 2. The summed E-state index contributed by atoms with van der Waals surface area (Å²) < 4.78 is 5.40. The average molecular weight is 477 g/mol. The number of carbonyl (C=O) groups is 3. The van der Waals surface area contributed by atoms with Crippen LogP contribution in [0.5, 0.6) is 11.5 Å². The molecule has 0 atom stereocenters. The number of halogens is 1. The number of carboxylic acid groups (broad SMARTS) is 1. The standard InChI is InChI=1S/C19H13BrN2O6S/c1-28-14-8-9(7-13(20)15(14)23)6-12-16(24)21-19(29)22(17(12)25)11-4-2-10(3-5-11)18(26)27/h2-8,23H,1H3,(H,26,27)(H,21,24,29)/b12-6+. The summed E-state index contributed by atoms with van der Waals surface area (Å²) in [5.74, 6) is -2.42. The third kappa shape index (κ3) is 3.98. The van der Waals surface area contributed by atoms with Gasteiger partial charge in [0, 0.05) is 0 Å². The molecular formula is C19H13BrN2O6S. The minimum Gasteiger partial charge on any atom is -0.503 e. The van der Waals surface area contributed by atoms with E-state index in [4.69, 9.17) is 22.1 Å². The molecule has 29 heavy (non-hydrogen) atoms. The lowest BCUT2D eigenvalue weighted by Gasteiger charge is -2.29. The summed E-state index contributed by atoms with van der Waals surface area (Å²) in [5, 5.41) is 21.2. The van der Waals surface area contributed by atoms with Crippen molar-refractivity contribution in [3.63, 3.8) is 0 Å². The van der Waals surface area contributed by atoms with Gasteiger partial charge >= 0.3 is 5.97 Å². The van der Waals surface area contributed by atoms with Gasteiger partial charge in [0.1, 0.15) is 5.57 Å². The molecule has 2 amide bonds. The van der Waals surface area contributed by atoms with Crippen molar-refractivity contribution in [1.29, 1.82) is 0 Å². The molecule has 0 spiro atoms. The fourth-order valence-electron chi connectivity index (χ4n) is 2.64. The summed E-state index contributed by atoms with van der Waals surface area (Å²) in [7, 11) is 1.37. The van der Waals surface area contributed by atoms with Gasteiger partial charge in [-0.25, -0.2) is 4.79 Å². The van der Waals surface area contributed by atoms with Crippen molar-refractivity contribution < 1.29 is 29.3 Å². The summed E-state index contributed by atoms with van der Waals surface area (Å²) in [6.45, 7) is 0. The first-order valence-electron chi connectivity index (χ1n) is 8.04. The highest BCUT2D eigenvalue weighted by molar-refractivity contribution is 9.10. The molecule has 1 fully saturated rings. The van der Waals surface area contributed by atoms with E-state index < -0.39 is 17.8 Å². The second kappa shape index (κ2) is 8.02. The number of phenols is 1. The lowest BCUT2D eigenvalue weighted by atomic mass is 10.1. The van der Waals surface area contributed by atoms with Crippen LogP contribution in [-0.4, -0.2) is 40.2 Å². The first-order valence-corrected chi connectivity index (χ1v) is 9.24. The van der Waals surface area contributed by atoms with Crippen LogP contribution in [0.3, 0.4) is 0 Å². The Labute approximate surface area is 178 Å². The van der Waals surface area contributed by atoms with E-state index in [9.17, 15) is 19.5 Å². The molecule has 3 rings (SSSR count). The zero-order chi connectivity index (χ0) is 21.3. The molecule has 10 heteroatoms. The summed E-state index contributed by atoms with van der Waals surface area (Å²) in [6, 6.07) is 8.48. The number of anilines is 1. The maximum absolute atomic E-state index is 13.0. The number of nitrogens with zero attached hydrogens (tertiary/aromatic N) is 1. The largest absolute Gasteiger partial charge is 0.503 e. The zero-order valence-corrected chi connectivity index (χ0v) is 17.2. The average Bonchev–Trinajstić information content (AvgIpc) is 2.68. The molecule has 2 aromatic rings. The summed E-state index contributed by atoms with van der Waals surface area (Å²) in [5.41, 5.74) is 0.588. The second-order valence-electron chi connectivity index (χ2n) is 5.86. The molecule has 8 nitrogen and oxygen atoms in total. The van der Waals surface area contributed by atoms with Gasteiger partial charge in [-0.3, -0.25) is 19.8 Å². The quantitative estimate of drug-likeness (QED) is 0.352. The van der Waals surface area contributed by atoms with Gasteiger partial charge in [0.05, 0.1) is 22.8 Å². The van der Waals surface area contributed by atoms with Gasteiger partial charge in [-0.15, -0.1) is 0 Å². The summed E-state index contributed by atoms with van der Waals surface area (Å²) in [6.07, 6.45) is 1.34. The molecule has 0 unspecified atom stereocenters. The number of thiocarbonyl (C=S) groups is 1. The molecule has 1 heterocycles. The molecule has 3 N–H and O–H groups in total. The van der Waals surface area contributed by atoms with Crippen LogP contribution in [0.1, 0.15) is 15.9 Å². The Morgan fingerprint density at radius 2 is 1.90 bits per heavy atom. The van der Waals surface area contributed by atoms with Crippen LogP contribution in [0, 0.1) is 0 Å². The van der Waals surface area contributed by atoms with E-state index in [1.807, 2.05) is 0 Å². The Hall–Kier alpha value is -3.24. The Balaban J connectivity index is 2.02. The number of amides is 2. The number of rotatable bonds is 4. The number of ether oxygens (including phenoxy) is 1. The van der Waals surface area contributed by atoms with Crippen LogP contribution in [-0.2, 0) is 9.59 Å². The normalized spacial score (nSPS) is 15.4. The number of hydrogen-bond acceptors (Lipinski definition) is 6. The second-order valence-corrected chi connectivity index (χ2v) is 7.10. The monoisotopic (exact) mass is 476 g/mol. The first-order chi connectivity index (χ1) is 13.7. The number of carboxylic acids is 1. The van der Waals surface area contributed by atoms with Gasteiger partial charge in [-0.05, 0) is 76.2 Å². The minimum absolute atomic E-state index is 0.0463. The molecule has 0 aromatic heterocycles. The van der Waals surface area contributed by atoms with Crippen molar-refractivity contribution in [3.05, 3.63) is 57.6 Å². The van der Waals surface area contributed by atoms with Crippen LogP contribution in [0.15, 0.2) is 46.4 Å². The number of nitrogens with one attached hydrogen (secondary N) is 1. The predicted octanol–water partition coefficient (Wildman–Crippen LogP) is 2.69. The highest BCUT2D eigenvalue weighted by Crippen LogP contribution is 2.36. The molecule has 0 aliphatic carbocycles. The van der Waals surface area contributed by atoms with E-state index in [1.165, 1.54) is 49.6 Å². The highest BCUT2D eigenvalue weighted by atomic mass is 79.9. The number of benzene rings is 2. The van der Waals surface area contributed by atoms with Crippen molar-refractivity contribution in [2.45, 2.75) is 0 Å². The number of hydrogen-bond donors (Lipinski definition) is 3. The number of aromatic carboxylic acids is 1. The molecule has 1 aliphatic heterocycles. The lowest BCUT2D eigenvalue weighted by Crippen LogP contribution is -2.54.